The van der Waals surface area contributed by atoms with Crippen molar-refractivity contribution in [3.63, 3.8) is 0 Å². The van der Waals surface area contributed by atoms with Crippen LogP contribution in [0.25, 0.3) is 0 Å². The zero-order valence-electron chi connectivity index (χ0n) is 8.88. The number of unbranched alkanes of at least 4 members (excludes halogenated alkanes) is 1. The van der Waals surface area contributed by atoms with Crippen LogP contribution in [0.15, 0.2) is 12.7 Å². The Balaban J connectivity index is 3.34. The second-order valence-corrected chi connectivity index (χ2v) is 4.26. The second-order valence-electron chi connectivity index (χ2n) is 3.16. The van der Waals surface area contributed by atoms with E-state index in [1.165, 1.54) is 13.0 Å². The smallest absolute Gasteiger partial charge is 0.243 e. The predicted molar refractivity (Wildman–Crippen MR) is 63.6 cm³/mol. The van der Waals surface area contributed by atoms with Gasteiger partial charge < -0.3 is 10.6 Å². The van der Waals surface area contributed by atoms with Gasteiger partial charge in [-0.1, -0.05) is 22.5 Å². The molecule has 0 bridgehead atoms. The summed E-state index contributed by atoms with van der Waals surface area (Å²) in [5.41, 5.74) is 0. The van der Waals surface area contributed by atoms with Gasteiger partial charge in [-0.2, -0.15) is 0 Å². The first-order chi connectivity index (χ1) is 7.06. The molecule has 0 aromatic rings. The Labute approximate surface area is 98.6 Å². The van der Waals surface area contributed by atoms with Crippen LogP contribution in [0.3, 0.4) is 0 Å². The van der Waals surface area contributed by atoms with Crippen LogP contribution in [0.1, 0.15) is 26.2 Å². The van der Waals surface area contributed by atoms with Gasteiger partial charge in [-0.25, -0.2) is 0 Å². The minimum atomic E-state index is -0.146. The molecule has 5 heteroatoms. The summed E-state index contributed by atoms with van der Waals surface area (Å²) in [4.78, 5) is 21.4. The van der Waals surface area contributed by atoms with Gasteiger partial charge in [0, 0.05) is 13.5 Å². The molecule has 0 saturated heterocycles. The second kappa shape index (κ2) is 8.47. The summed E-state index contributed by atoms with van der Waals surface area (Å²) in [5, 5.41) is 5.41. The van der Waals surface area contributed by atoms with Crippen molar-refractivity contribution in [2.24, 2.45) is 0 Å². The minimum absolute atomic E-state index is 0.0186. The lowest BCUT2D eigenvalue weighted by Gasteiger charge is -2.10. The van der Waals surface area contributed by atoms with E-state index in [2.05, 4.69) is 33.1 Å². The summed E-state index contributed by atoms with van der Waals surface area (Å²) in [6.45, 7) is 5.48. The van der Waals surface area contributed by atoms with Crippen LogP contribution in [0.5, 0.6) is 0 Å². The quantitative estimate of drug-likeness (QED) is 0.319. The molecule has 2 N–H and O–H groups in total. The number of amides is 2. The largest absolute Gasteiger partial charge is 0.353 e. The van der Waals surface area contributed by atoms with Gasteiger partial charge in [0.15, 0.2) is 0 Å². The fourth-order valence-corrected chi connectivity index (χ4v) is 1.67. The summed E-state index contributed by atoms with van der Waals surface area (Å²) in [6, 6.07) is 0. The van der Waals surface area contributed by atoms with E-state index >= 15 is 0 Å². The molecule has 4 nitrogen and oxygen atoms in total. The first-order valence-corrected chi connectivity index (χ1v) is 5.79. The van der Waals surface area contributed by atoms with Crippen molar-refractivity contribution in [2.75, 3.05) is 6.54 Å². The molecule has 0 fully saturated rings. The van der Waals surface area contributed by atoms with E-state index in [1.807, 2.05) is 0 Å². The van der Waals surface area contributed by atoms with Gasteiger partial charge >= 0.3 is 0 Å². The Hall–Kier alpha value is -0.840. The van der Waals surface area contributed by atoms with Crippen molar-refractivity contribution in [1.82, 2.24) is 10.6 Å². The molecule has 0 aliphatic heterocycles. The van der Waals surface area contributed by atoms with Crippen LogP contribution in [-0.4, -0.2) is 23.3 Å². The molecule has 1 unspecified atom stereocenters. The Morgan fingerprint density at radius 2 is 2.13 bits per heavy atom. The maximum absolute atomic E-state index is 10.8. The Morgan fingerprint density at radius 3 is 2.67 bits per heavy atom. The fourth-order valence-electron chi connectivity index (χ4n) is 1.03. The van der Waals surface area contributed by atoms with Crippen LogP contribution in [0.4, 0.5) is 0 Å². The molecule has 0 aliphatic rings. The third kappa shape index (κ3) is 9.46. The Morgan fingerprint density at radius 1 is 1.47 bits per heavy atom. The van der Waals surface area contributed by atoms with Crippen molar-refractivity contribution in [3.8, 4) is 0 Å². The summed E-state index contributed by atoms with van der Waals surface area (Å²) in [5.74, 6) is -0.191. The van der Waals surface area contributed by atoms with Crippen LogP contribution in [-0.2, 0) is 9.59 Å². The van der Waals surface area contributed by atoms with E-state index in [4.69, 9.17) is 0 Å². The number of rotatable bonds is 7. The van der Waals surface area contributed by atoms with Crippen LogP contribution in [0, 0.1) is 0 Å². The zero-order valence-corrected chi connectivity index (χ0v) is 10.5. The van der Waals surface area contributed by atoms with Gasteiger partial charge in [-0.3, -0.25) is 9.59 Å². The summed E-state index contributed by atoms with van der Waals surface area (Å²) in [6.07, 6.45) is 3.93. The average molecular weight is 277 g/mol. The lowest BCUT2D eigenvalue weighted by molar-refractivity contribution is -0.119. The van der Waals surface area contributed by atoms with E-state index in [1.54, 1.807) is 0 Å². The van der Waals surface area contributed by atoms with Gasteiger partial charge in [0.1, 0.15) is 0 Å². The van der Waals surface area contributed by atoms with Crippen molar-refractivity contribution in [1.29, 1.82) is 0 Å². The standard InChI is InChI=1S/C10H17BrN2O2/c1-3-10(15)12-7-5-4-6-9(11)13-8(2)14/h3,9H,1,4-7H2,2H3,(H,12,15)(H,13,14). The van der Waals surface area contributed by atoms with Gasteiger partial charge in [-0.05, 0) is 25.3 Å². The van der Waals surface area contributed by atoms with Crippen molar-refractivity contribution in [2.45, 2.75) is 31.1 Å². The van der Waals surface area contributed by atoms with Gasteiger partial charge in [0.2, 0.25) is 11.8 Å². The van der Waals surface area contributed by atoms with Crippen LogP contribution < -0.4 is 10.6 Å². The average Bonchev–Trinajstić information content (AvgIpc) is 2.15. The van der Waals surface area contributed by atoms with E-state index in [0.717, 1.165) is 19.3 Å². The maximum atomic E-state index is 10.8. The molecule has 2 amide bonds. The number of alkyl halides is 1. The topological polar surface area (TPSA) is 58.2 Å². The number of halogens is 1. The van der Waals surface area contributed by atoms with Crippen molar-refractivity contribution >= 4 is 27.7 Å². The van der Waals surface area contributed by atoms with Crippen molar-refractivity contribution < 1.29 is 9.59 Å². The summed E-state index contributed by atoms with van der Waals surface area (Å²) >= 11 is 3.34. The van der Waals surface area contributed by atoms with E-state index in [0.29, 0.717) is 6.54 Å². The van der Waals surface area contributed by atoms with E-state index < -0.39 is 0 Å². The Bertz CT molecular complexity index is 231. The molecule has 1 atom stereocenters. The number of hydrogen-bond donors (Lipinski definition) is 2. The van der Waals surface area contributed by atoms with Gasteiger partial charge in [0.05, 0.1) is 4.95 Å². The molecule has 0 rings (SSSR count). The predicted octanol–water partition coefficient (Wildman–Crippen LogP) is 1.32. The number of carbonyl (C=O) groups excluding carboxylic acids is 2. The minimum Gasteiger partial charge on any atom is -0.353 e. The molecule has 0 radical (unpaired) electrons. The zero-order chi connectivity index (χ0) is 11.7. The molecule has 0 aromatic carbocycles. The highest BCUT2D eigenvalue weighted by atomic mass is 79.9. The third-order valence-electron chi connectivity index (χ3n) is 1.73. The van der Waals surface area contributed by atoms with Crippen LogP contribution >= 0.6 is 15.9 Å². The molecule has 0 spiro atoms. The molecule has 0 heterocycles. The number of hydrogen-bond acceptors (Lipinski definition) is 2. The normalized spacial score (nSPS) is 11.6. The molecule has 15 heavy (non-hydrogen) atoms. The maximum Gasteiger partial charge on any atom is 0.243 e. The highest BCUT2D eigenvalue weighted by Gasteiger charge is 2.04. The highest BCUT2D eigenvalue weighted by molar-refractivity contribution is 9.09. The monoisotopic (exact) mass is 276 g/mol. The molecular formula is C10H17BrN2O2. The Kier molecular flexibility index (Phi) is 7.99. The SMILES string of the molecule is C=CC(=O)NCCCCC(Br)NC(C)=O. The molecule has 0 saturated carbocycles. The lowest BCUT2D eigenvalue weighted by Crippen LogP contribution is -2.28. The lowest BCUT2D eigenvalue weighted by atomic mass is 10.2. The first-order valence-electron chi connectivity index (χ1n) is 4.87. The van der Waals surface area contributed by atoms with E-state index in [9.17, 15) is 9.59 Å². The summed E-state index contributed by atoms with van der Waals surface area (Å²) < 4.78 is 0. The van der Waals surface area contributed by atoms with Crippen LogP contribution in [0.2, 0.25) is 0 Å². The number of carbonyl (C=O) groups is 2. The fraction of sp³-hybridized carbons (Fsp3) is 0.600. The number of nitrogens with one attached hydrogen (secondary N) is 2. The van der Waals surface area contributed by atoms with Gasteiger partial charge in [-0.15, -0.1) is 0 Å². The molecule has 0 aromatic heterocycles. The van der Waals surface area contributed by atoms with Gasteiger partial charge in [0.25, 0.3) is 0 Å². The summed E-state index contributed by atoms with van der Waals surface area (Å²) in [7, 11) is 0. The molecular weight excluding hydrogens is 260 g/mol. The van der Waals surface area contributed by atoms with Crippen molar-refractivity contribution in [3.05, 3.63) is 12.7 Å². The molecule has 0 aliphatic carbocycles. The first kappa shape index (κ1) is 14.2. The molecule has 86 valence electrons. The highest BCUT2D eigenvalue weighted by Crippen LogP contribution is 2.06. The van der Waals surface area contributed by atoms with E-state index in [-0.39, 0.29) is 16.8 Å². The third-order valence-corrected chi connectivity index (χ3v) is 2.42.